The minimum absolute atomic E-state index is 0.105. The molecule has 1 saturated carbocycles. The van der Waals surface area contributed by atoms with Crippen LogP contribution in [-0.4, -0.2) is 24.4 Å². The van der Waals surface area contributed by atoms with Gasteiger partial charge in [0.1, 0.15) is 5.56 Å². The van der Waals surface area contributed by atoms with Crippen molar-refractivity contribution in [2.45, 2.75) is 25.7 Å². The maximum atomic E-state index is 12.1. The molecule has 2 N–H and O–H groups in total. The third-order valence-electron chi connectivity index (χ3n) is 3.50. The second kappa shape index (κ2) is 6.36. The minimum Gasteiger partial charge on any atom is -0.388 e. The number of hydrogen-bond donors (Lipinski definition) is 2. The molecular weight excluding hydrogens is 258 g/mol. The summed E-state index contributed by atoms with van der Waals surface area (Å²) >= 11 is 0. The van der Waals surface area contributed by atoms with E-state index >= 15 is 0 Å². The number of nitrogens with one attached hydrogen (secondary N) is 2. The van der Waals surface area contributed by atoms with E-state index in [0.29, 0.717) is 12.2 Å². The number of benzene rings is 1. The maximum absolute atomic E-state index is 12.1. The first-order valence-corrected chi connectivity index (χ1v) is 6.86. The topological polar surface area (TPSA) is 84.3 Å². The average Bonchev–Trinajstić information content (AvgIpc) is 3.26. The number of nitrogens with zero attached hydrogens (tertiary/aromatic N) is 1. The highest BCUT2D eigenvalue weighted by molar-refractivity contribution is 5.99. The maximum Gasteiger partial charge on any atom is 0.282 e. The second-order valence-electron chi connectivity index (χ2n) is 5.08. The largest absolute Gasteiger partial charge is 0.388 e. The van der Waals surface area contributed by atoms with Gasteiger partial charge in [0.15, 0.2) is 0 Å². The Morgan fingerprint density at radius 3 is 2.80 bits per heavy atom. The lowest BCUT2D eigenvalue weighted by Crippen LogP contribution is -2.25. The second-order valence-corrected chi connectivity index (χ2v) is 5.08. The standard InChI is InChI=1S/C14H19N3O3/c1-15-11-6-7-13(17(19)20)12(9-11)14(18)16-8-2-3-10-4-5-10/h6-7,9-10,15H,2-5,8H2,1H3,(H,16,18). The predicted molar refractivity (Wildman–Crippen MR) is 76.9 cm³/mol. The molecule has 2 rings (SSSR count). The highest BCUT2D eigenvalue weighted by atomic mass is 16.6. The van der Waals surface area contributed by atoms with Gasteiger partial charge in [0.2, 0.25) is 0 Å². The number of anilines is 1. The molecule has 0 unspecified atom stereocenters. The van der Waals surface area contributed by atoms with Crippen molar-refractivity contribution in [2.75, 3.05) is 18.9 Å². The fourth-order valence-electron chi connectivity index (χ4n) is 2.13. The van der Waals surface area contributed by atoms with Crippen LogP contribution in [0, 0.1) is 16.0 Å². The van der Waals surface area contributed by atoms with E-state index in [1.165, 1.54) is 25.0 Å². The van der Waals surface area contributed by atoms with Crippen molar-refractivity contribution in [3.63, 3.8) is 0 Å². The van der Waals surface area contributed by atoms with Crippen molar-refractivity contribution in [1.82, 2.24) is 5.32 Å². The zero-order valence-corrected chi connectivity index (χ0v) is 11.5. The van der Waals surface area contributed by atoms with Crippen molar-refractivity contribution >= 4 is 17.3 Å². The van der Waals surface area contributed by atoms with E-state index in [2.05, 4.69) is 10.6 Å². The van der Waals surface area contributed by atoms with Crippen molar-refractivity contribution in [3.05, 3.63) is 33.9 Å². The van der Waals surface area contributed by atoms with E-state index in [-0.39, 0.29) is 17.2 Å². The number of carbonyl (C=O) groups excluding carboxylic acids is 1. The summed E-state index contributed by atoms with van der Waals surface area (Å²) in [7, 11) is 1.71. The third-order valence-corrected chi connectivity index (χ3v) is 3.50. The SMILES string of the molecule is CNc1ccc([N+](=O)[O-])c(C(=O)NCCCC2CC2)c1. The fourth-order valence-corrected chi connectivity index (χ4v) is 2.13. The zero-order chi connectivity index (χ0) is 14.5. The molecule has 0 heterocycles. The first-order chi connectivity index (χ1) is 9.61. The van der Waals surface area contributed by atoms with Gasteiger partial charge in [0.25, 0.3) is 11.6 Å². The summed E-state index contributed by atoms with van der Waals surface area (Å²) < 4.78 is 0. The van der Waals surface area contributed by atoms with Crippen molar-refractivity contribution in [1.29, 1.82) is 0 Å². The Balaban J connectivity index is 1.99. The van der Waals surface area contributed by atoms with Crippen LogP contribution < -0.4 is 10.6 Å². The molecule has 1 aliphatic rings. The fraction of sp³-hybridized carbons (Fsp3) is 0.500. The van der Waals surface area contributed by atoms with Gasteiger partial charge in [-0.2, -0.15) is 0 Å². The Kier molecular flexibility index (Phi) is 4.55. The van der Waals surface area contributed by atoms with Crippen LogP contribution in [0.25, 0.3) is 0 Å². The predicted octanol–water partition coefficient (Wildman–Crippen LogP) is 2.56. The highest BCUT2D eigenvalue weighted by Crippen LogP contribution is 2.33. The Bertz CT molecular complexity index is 512. The van der Waals surface area contributed by atoms with E-state index in [9.17, 15) is 14.9 Å². The molecule has 6 nitrogen and oxygen atoms in total. The number of carbonyl (C=O) groups is 1. The van der Waals surface area contributed by atoms with Crippen molar-refractivity contribution in [2.24, 2.45) is 5.92 Å². The summed E-state index contributed by atoms with van der Waals surface area (Å²) in [5, 5.41) is 16.6. The van der Waals surface area contributed by atoms with Gasteiger partial charge in [0, 0.05) is 25.3 Å². The Labute approximate surface area is 117 Å². The number of rotatable bonds is 7. The monoisotopic (exact) mass is 277 g/mol. The van der Waals surface area contributed by atoms with Crippen LogP contribution in [0.5, 0.6) is 0 Å². The normalized spacial score (nSPS) is 13.8. The first-order valence-electron chi connectivity index (χ1n) is 6.86. The smallest absolute Gasteiger partial charge is 0.282 e. The van der Waals surface area contributed by atoms with Crippen LogP contribution in [0.3, 0.4) is 0 Å². The number of nitro benzene ring substituents is 1. The van der Waals surface area contributed by atoms with Gasteiger partial charge in [0.05, 0.1) is 4.92 Å². The van der Waals surface area contributed by atoms with Crippen LogP contribution in [0.1, 0.15) is 36.0 Å². The Morgan fingerprint density at radius 1 is 1.45 bits per heavy atom. The van der Waals surface area contributed by atoms with Crippen LogP contribution in [0.4, 0.5) is 11.4 Å². The van der Waals surface area contributed by atoms with E-state index in [0.717, 1.165) is 18.8 Å². The van der Waals surface area contributed by atoms with Crippen LogP contribution >= 0.6 is 0 Å². The molecule has 6 heteroatoms. The van der Waals surface area contributed by atoms with E-state index in [1.54, 1.807) is 13.1 Å². The summed E-state index contributed by atoms with van der Waals surface area (Å²) in [6.07, 6.45) is 4.64. The number of nitro groups is 1. The summed E-state index contributed by atoms with van der Waals surface area (Å²) in [6.45, 7) is 0.566. The molecule has 1 aliphatic carbocycles. The molecule has 108 valence electrons. The van der Waals surface area contributed by atoms with E-state index < -0.39 is 4.92 Å². The summed E-state index contributed by atoms with van der Waals surface area (Å²) in [6, 6.07) is 4.45. The molecule has 0 aliphatic heterocycles. The quantitative estimate of drug-likeness (QED) is 0.455. The first kappa shape index (κ1) is 14.3. The molecule has 1 fully saturated rings. The number of hydrogen-bond acceptors (Lipinski definition) is 4. The lowest BCUT2D eigenvalue weighted by atomic mass is 10.1. The molecule has 0 atom stereocenters. The van der Waals surface area contributed by atoms with Gasteiger partial charge in [-0.3, -0.25) is 14.9 Å². The number of amides is 1. The lowest BCUT2D eigenvalue weighted by Gasteiger charge is -2.07. The van der Waals surface area contributed by atoms with Crippen LogP contribution in [-0.2, 0) is 0 Å². The summed E-state index contributed by atoms with van der Waals surface area (Å²) in [5.74, 6) is 0.443. The molecule has 20 heavy (non-hydrogen) atoms. The Hall–Kier alpha value is -2.11. The molecular formula is C14H19N3O3. The minimum atomic E-state index is -0.529. The molecule has 0 bridgehead atoms. The van der Waals surface area contributed by atoms with Crippen molar-refractivity contribution in [3.8, 4) is 0 Å². The Morgan fingerprint density at radius 2 is 2.20 bits per heavy atom. The average molecular weight is 277 g/mol. The van der Waals surface area contributed by atoms with Gasteiger partial charge < -0.3 is 10.6 Å². The lowest BCUT2D eigenvalue weighted by molar-refractivity contribution is -0.385. The molecule has 0 radical (unpaired) electrons. The molecule has 1 aromatic carbocycles. The van der Waals surface area contributed by atoms with Crippen LogP contribution in [0.2, 0.25) is 0 Å². The van der Waals surface area contributed by atoms with Crippen molar-refractivity contribution < 1.29 is 9.72 Å². The van der Waals surface area contributed by atoms with Gasteiger partial charge >= 0.3 is 0 Å². The van der Waals surface area contributed by atoms with Gasteiger partial charge in [-0.15, -0.1) is 0 Å². The zero-order valence-electron chi connectivity index (χ0n) is 11.5. The van der Waals surface area contributed by atoms with Gasteiger partial charge in [-0.05, 0) is 30.9 Å². The van der Waals surface area contributed by atoms with E-state index in [4.69, 9.17) is 0 Å². The van der Waals surface area contributed by atoms with Gasteiger partial charge in [-0.25, -0.2) is 0 Å². The molecule has 1 aromatic rings. The van der Waals surface area contributed by atoms with Crippen LogP contribution in [0.15, 0.2) is 18.2 Å². The summed E-state index contributed by atoms with van der Waals surface area (Å²) in [4.78, 5) is 22.5. The molecule has 1 amide bonds. The third kappa shape index (κ3) is 3.69. The molecule has 0 aromatic heterocycles. The summed E-state index contributed by atoms with van der Waals surface area (Å²) in [5.41, 5.74) is 0.621. The highest BCUT2D eigenvalue weighted by Gasteiger charge is 2.22. The molecule has 0 saturated heterocycles. The van der Waals surface area contributed by atoms with E-state index in [1.807, 2.05) is 0 Å². The molecule has 0 spiro atoms. The van der Waals surface area contributed by atoms with Gasteiger partial charge in [-0.1, -0.05) is 12.8 Å².